The third-order valence-electron chi connectivity index (χ3n) is 5.35. The molecule has 11 nitrogen and oxygen atoms in total. The van der Waals surface area contributed by atoms with Crippen LogP contribution in [0.5, 0.6) is 11.5 Å². The number of pyridine rings is 1. The van der Waals surface area contributed by atoms with E-state index in [1.165, 1.54) is 25.7 Å². The Morgan fingerprint density at radius 3 is 2.33 bits per heavy atom. The second kappa shape index (κ2) is 10.2. The van der Waals surface area contributed by atoms with E-state index in [9.17, 15) is 12.8 Å². The molecule has 3 aromatic heterocycles. The van der Waals surface area contributed by atoms with Crippen LogP contribution in [-0.2, 0) is 16.4 Å². The van der Waals surface area contributed by atoms with Gasteiger partial charge in [-0.05, 0) is 38.1 Å². The Hall–Kier alpha value is -4.13. The molecule has 3 heterocycles. The summed E-state index contributed by atoms with van der Waals surface area (Å²) in [4.78, 5) is 11.9. The molecule has 188 valence electrons. The molecule has 0 bridgehead atoms. The van der Waals surface area contributed by atoms with Gasteiger partial charge in [-0.15, -0.1) is 10.2 Å². The van der Waals surface area contributed by atoms with Gasteiger partial charge in [0.05, 0.1) is 31.9 Å². The maximum atomic E-state index is 13.3. The van der Waals surface area contributed by atoms with Crippen molar-refractivity contribution in [2.75, 3.05) is 18.9 Å². The van der Waals surface area contributed by atoms with Crippen LogP contribution in [0.4, 0.5) is 10.3 Å². The average Bonchev–Trinajstić information content (AvgIpc) is 3.27. The van der Waals surface area contributed by atoms with Gasteiger partial charge in [0.15, 0.2) is 11.6 Å². The zero-order valence-electron chi connectivity index (χ0n) is 20.0. The van der Waals surface area contributed by atoms with Crippen LogP contribution < -0.4 is 14.2 Å². The molecule has 1 N–H and O–H groups in total. The Balaban J connectivity index is 1.81. The molecule has 1 aromatic carbocycles. The van der Waals surface area contributed by atoms with Crippen molar-refractivity contribution >= 4 is 16.0 Å². The second-order valence-electron chi connectivity index (χ2n) is 7.86. The van der Waals surface area contributed by atoms with E-state index in [1.807, 2.05) is 6.92 Å². The molecule has 4 aromatic rings. The van der Waals surface area contributed by atoms with Crippen LogP contribution in [0.3, 0.4) is 0 Å². The first-order valence-corrected chi connectivity index (χ1v) is 12.4. The van der Waals surface area contributed by atoms with Crippen molar-refractivity contribution in [1.82, 2.24) is 29.7 Å². The third-order valence-corrected chi connectivity index (χ3v) is 7.04. The van der Waals surface area contributed by atoms with Crippen molar-refractivity contribution in [3.05, 3.63) is 66.3 Å². The fourth-order valence-electron chi connectivity index (χ4n) is 3.52. The van der Waals surface area contributed by atoms with Gasteiger partial charge < -0.3 is 9.47 Å². The number of rotatable bonds is 9. The van der Waals surface area contributed by atoms with Gasteiger partial charge in [-0.2, -0.15) is 0 Å². The minimum atomic E-state index is -4.01. The largest absolute Gasteiger partial charge is 0.494 e. The molecule has 1 atom stereocenters. The second-order valence-corrected chi connectivity index (χ2v) is 9.96. The van der Waals surface area contributed by atoms with Gasteiger partial charge in [-0.25, -0.2) is 22.8 Å². The lowest BCUT2D eigenvalue weighted by Gasteiger charge is -2.19. The quantitative estimate of drug-likeness (QED) is 0.358. The summed E-state index contributed by atoms with van der Waals surface area (Å²) < 4.78 is 54.8. The summed E-state index contributed by atoms with van der Waals surface area (Å²) in [5, 5.41) is 7.45. The summed E-state index contributed by atoms with van der Waals surface area (Å²) in [5.74, 6) is 0.675. The predicted molar refractivity (Wildman–Crippen MR) is 130 cm³/mol. The smallest absolute Gasteiger partial charge is 0.243 e. The lowest BCUT2D eigenvalue weighted by atomic mass is 10.2. The average molecular weight is 514 g/mol. The fourth-order valence-corrected chi connectivity index (χ4v) is 4.48. The Bertz CT molecular complexity index is 1450. The highest BCUT2D eigenvalue weighted by Gasteiger charge is 2.28. The number of hydrogen-bond donors (Lipinski definition) is 1. The van der Waals surface area contributed by atoms with E-state index in [4.69, 9.17) is 9.47 Å². The number of aryl methyl sites for hydroxylation is 1. The number of sulfonamides is 1. The first kappa shape index (κ1) is 25.0. The summed E-state index contributed by atoms with van der Waals surface area (Å²) in [6, 6.07) is 8.71. The van der Waals surface area contributed by atoms with Crippen molar-refractivity contribution in [1.29, 1.82) is 0 Å². The normalized spacial score (nSPS) is 12.2. The summed E-state index contributed by atoms with van der Waals surface area (Å²) in [6.07, 6.45) is 3.56. The van der Waals surface area contributed by atoms with Gasteiger partial charge in [0.1, 0.15) is 23.0 Å². The van der Waals surface area contributed by atoms with Gasteiger partial charge in [-0.3, -0.25) is 14.3 Å². The molecule has 0 aliphatic rings. The molecule has 36 heavy (non-hydrogen) atoms. The number of methoxy groups -OCH3 is 2. The van der Waals surface area contributed by atoms with E-state index in [1.54, 1.807) is 36.5 Å². The Kier molecular flexibility index (Phi) is 7.10. The zero-order chi connectivity index (χ0) is 25.9. The highest BCUT2D eigenvalue weighted by atomic mass is 32.2. The molecular formula is C23H24FN7O4S. The molecule has 0 saturated heterocycles. The number of nitrogens with one attached hydrogen (secondary N) is 1. The van der Waals surface area contributed by atoms with Gasteiger partial charge in [0, 0.05) is 23.9 Å². The lowest BCUT2D eigenvalue weighted by Crippen LogP contribution is -2.29. The summed E-state index contributed by atoms with van der Waals surface area (Å²) in [6.45, 7) is 3.32. The number of hydrogen-bond acceptors (Lipinski definition) is 9. The highest BCUT2D eigenvalue weighted by Crippen LogP contribution is 2.37. The molecule has 0 aliphatic heterocycles. The number of halogens is 1. The number of anilines is 1. The van der Waals surface area contributed by atoms with Crippen LogP contribution in [-0.4, -0.2) is 57.6 Å². The summed E-state index contributed by atoms with van der Waals surface area (Å²) in [5.41, 5.74) is 1.80. The van der Waals surface area contributed by atoms with Crippen molar-refractivity contribution in [3.63, 3.8) is 0 Å². The molecule has 0 spiro atoms. The minimum Gasteiger partial charge on any atom is -0.494 e. The number of aromatic nitrogens is 6. The Labute approximate surface area is 207 Å². The molecule has 0 fully saturated rings. The lowest BCUT2D eigenvalue weighted by molar-refractivity contribution is 0.391. The van der Waals surface area contributed by atoms with Gasteiger partial charge in [0.25, 0.3) is 0 Å². The van der Waals surface area contributed by atoms with E-state index in [-0.39, 0.29) is 18.2 Å². The first-order chi connectivity index (χ1) is 17.2. The van der Waals surface area contributed by atoms with Crippen molar-refractivity contribution in [3.8, 4) is 28.6 Å². The molecule has 13 heteroatoms. The van der Waals surface area contributed by atoms with E-state index in [0.717, 1.165) is 18.1 Å². The Morgan fingerprint density at radius 1 is 1.06 bits per heavy atom. The molecule has 0 unspecified atom stereocenters. The van der Waals surface area contributed by atoms with Crippen molar-refractivity contribution in [2.24, 2.45) is 0 Å². The standard InChI is InChI=1S/C23H24FN7O4S/c1-14-10-16(8-9-25-14)22-28-29-23(31(22)21-18(34-3)6-5-7-19(21)35-4)30-36(32,33)15(2)11-20-26-12-17(24)13-27-20/h5-10,12-13,15H,11H2,1-4H3,(H,29,30)/t15-/m0/s1. The van der Waals surface area contributed by atoms with Crippen LogP contribution in [0.2, 0.25) is 0 Å². The van der Waals surface area contributed by atoms with E-state index in [2.05, 4.69) is 29.9 Å². The first-order valence-electron chi connectivity index (χ1n) is 10.8. The van der Waals surface area contributed by atoms with Crippen LogP contribution >= 0.6 is 0 Å². The van der Waals surface area contributed by atoms with E-state index < -0.39 is 21.1 Å². The van der Waals surface area contributed by atoms with E-state index in [0.29, 0.717) is 28.6 Å². The zero-order valence-corrected chi connectivity index (χ0v) is 20.8. The molecule has 0 saturated carbocycles. The monoisotopic (exact) mass is 513 g/mol. The molecule has 0 radical (unpaired) electrons. The number of para-hydroxylation sites is 1. The molecular weight excluding hydrogens is 489 g/mol. The topological polar surface area (TPSA) is 134 Å². The summed E-state index contributed by atoms with van der Waals surface area (Å²) >= 11 is 0. The fraction of sp³-hybridized carbons (Fsp3) is 0.261. The number of nitrogens with zero attached hydrogens (tertiary/aromatic N) is 6. The van der Waals surface area contributed by atoms with Crippen molar-refractivity contribution < 1.29 is 22.3 Å². The molecule has 4 rings (SSSR count). The predicted octanol–water partition coefficient (Wildman–Crippen LogP) is 2.96. The number of ether oxygens (including phenoxy) is 2. The van der Waals surface area contributed by atoms with Gasteiger partial charge >= 0.3 is 0 Å². The number of benzene rings is 1. The van der Waals surface area contributed by atoms with Crippen LogP contribution in [0.1, 0.15) is 18.4 Å². The third kappa shape index (κ3) is 5.10. The van der Waals surface area contributed by atoms with Gasteiger partial charge in [-0.1, -0.05) is 6.07 Å². The molecule has 0 aliphatic carbocycles. The molecule has 0 amide bonds. The van der Waals surface area contributed by atoms with Gasteiger partial charge in [0.2, 0.25) is 16.0 Å². The minimum absolute atomic E-state index is 0.0435. The van der Waals surface area contributed by atoms with E-state index >= 15 is 0 Å². The van der Waals surface area contributed by atoms with Crippen LogP contribution in [0.25, 0.3) is 17.1 Å². The maximum Gasteiger partial charge on any atom is 0.243 e. The maximum absolute atomic E-state index is 13.3. The SMILES string of the molecule is COc1cccc(OC)c1-n1c(NS(=O)(=O)[C@@H](C)Cc2ncc(F)cn2)nnc1-c1ccnc(C)c1. The highest BCUT2D eigenvalue weighted by molar-refractivity contribution is 7.93. The Morgan fingerprint density at radius 2 is 1.72 bits per heavy atom. The summed E-state index contributed by atoms with van der Waals surface area (Å²) in [7, 11) is -1.02. The van der Waals surface area contributed by atoms with Crippen LogP contribution in [0, 0.1) is 12.7 Å². The van der Waals surface area contributed by atoms with Crippen molar-refractivity contribution in [2.45, 2.75) is 25.5 Å². The van der Waals surface area contributed by atoms with Crippen LogP contribution in [0.15, 0.2) is 48.9 Å².